The van der Waals surface area contributed by atoms with E-state index in [2.05, 4.69) is 10.7 Å². The summed E-state index contributed by atoms with van der Waals surface area (Å²) in [4.78, 5) is 38.7. The summed E-state index contributed by atoms with van der Waals surface area (Å²) in [5.74, 6) is 0.311. The Bertz CT molecular complexity index is 1370. The molecule has 0 aliphatic rings. The minimum atomic E-state index is -4.12. The number of benzene rings is 3. The van der Waals surface area contributed by atoms with E-state index in [0.29, 0.717) is 11.5 Å². The van der Waals surface area contributed by atoms with Crippen molar-refractivity contribution >= 4 is 28.1 Å². The third-order valence-corrected chi connectivity index (χ3v) is 6.50. The maximum Gasteiger partial charge on any atom is 0.408 e. The molecule has 212 valence electrons. The first-order valence-corrected chi connectivity index (χ1v) is 13.8. The van der Waals surface area contributed by atoms with Gasteiger partial charge in [-0.25, -0.2) is 23.4 Å². The molecule has 0 aliphatic heterocycles. The summed E-state index contributed by atoms with van der Waals surface area (Å²) in [6, 6.07) is 21.5. The van der Waals surface area contributed by atoms with Crippen molar-refractivity contribution in [2.24, 2.45) is 5.92 Å². The highest BCUT2D eigenvalue weighted by Crippen LogP contribution is 2.22. The van der Waals surface area contributed by atoms with Crippen molar-refractivity contribution in [2.75, 3.05) is 0 Å². The molecule has 12 nitrogen and oxygen atoms in total. The average Bonchev–Trinajstić information content (AvgIpc) is 2.94. The van der Waals surface area contributed by atoms with Crippen LogP contribution in [0.3, 0.4) is 0 Å². The zero-order valence-electron chi connectivity index (χ0n) is 21.9. The minimum absolute atomic E-state index is 0.0201. The first kappa shape index (κ1) is 29.9. The van der Waals surface area contributed by atoms with E-state index in [4.69, 9.17) is 9.47 Å². The van der Waals surface area contributed by atoms with E-state index in [-0.39, 0.29) is 23.8 Å². The number of hydrazine groups is 2. The fourth-order valence-corrected chi connectivity index (χ4v) is 4.17. The molecule has 0 aliphatic carbocycles. The van der Waals surface area contributed by atoms with Crippen molar-refractivity contribution in [3.05, 3.63) is 90.5 Å². The molecule has 3 aromatic carbocycles. The Balaban J connectivity index is 1.46. The van der Waals surface area contributed by atoms with E-state index in [1.165, 1.54) is 24.3 Å². The number of para-hydroxylation sites is 1. The first-order chi connectivity index (χ1) is 19.1. The summed E-state index contributed by atoms with van der Waals surface area (Å²) >= 11 is 0. The molecule has 0 spiro atoms. The molecular weight excluding hydrogens is 538 g/mol. The van der Waals surface area contributed by atoms with E-state index in [9.17, 15) is 22.8 Å². The van der Waals surface area contributed by atoms with Gasteiger partial charge in [-0.1, -0.05) is 62.4 Å². The van der Waals surface area contributed by atoms with Gasteiger partial charge >= 0.3 is 12.1 Å². The van der Waals surface area contributed by atoms with E-state index >= 15 is 0 Å². The largest absolute Gasteiger partial charge is 0.457 e. The molecule has 0 heterocycles. The van der Waals surface area contributed by atoms with E-state index in [0.717, 1.165) is 5.56 Å². The Morgan fingerprint density at radius 1 is 0.775 bits per heavy atom. The van der Waals surface area contributed by atoms with Crippen molar-refractivity contribution in [3.8, 4) is 11.5 Å². The maximum absolute atomic E-state index is 12.6. The van der Waals surface area contributed by atoms with E-state index in [1.807, 2.05) is 41.7 Å². The Kier molecular flexibility index (Phi) is 10.9. The molecular formula is C27H31N5O7S. The van der Waals surface area contributed by atoms with Gasteiger partial charge in [0.25, 0.3) is 15.9 Å². The smallest absolute Gasteiger partial charge is 0.408 e. The SMILES string of the molecule is CC(C)C[C@H](NC(=O)OCc1ccccc1)C(=O)NNC(=O)NNS(=O)(=O)c1ccc(Oc2ccccc2)cc1. The van der Waals surface area contributed by atoms with Crippen LogP contribution in [0.5, 0.6) is 11.5 Å². The summed E-state index contributed by atoms with van der Waals surface area (Å²) in [7, 11) is -4.12. The van der Waals surface area contributed by atoms with Crippen LogP contribution in [-0.4, -0.2) is 32.5 Å². The van der Waals surface area contributed by atoms with Gasteiger partial charge in [-0.05, 0) is 54.3 Å². The van der Waals surface area contributed by atoms with Gasteiger partial charge in [-0.15, -0.1) is 4.83 Å². The lowest BCUT2D eigenvalue weighted by atomic mass is 10.0. The third kappa shape index (κ3) is 9.93. The minimum Gasteiger partial charge on any atom is -0.457 e. The standard InChI is InChI=1S/C27H31N5O7S/c1-19(2)17-24(28-27(35)38-18-20-9-5-3-6-10-20)25(33)29-30-26(34)31-32-40(36,37)23-15-13-22(14-16-23)39-21-11-7-4-8-12-21/h3-16,19,24,32H,17-18H2,1-2H3,(H,28,35)(H,29,33)(H2,30,31,34)/t24-/m0/s1. The molecule has 0 bridgehead atoms. The van der Waals surface area contributed by atoms with Gasteiger partial charge in [0.2, 0.25) is 0 Å². The summed E-state index contributed by atoms with van der Waals surface area (Å²) < 4.78 is 35.8. The molecule has 0 fully saturated rings. The predicted octanol–water partition coefficient (Wildman–Crippen LogP) is 3.34. The van der Waals surface area contributed by atoms with Crippen LogP contribution in [0.25, 0.3) is 0 Å². The van der Waals surface area contributed by atoms with E-state index < -0.39 is 34.1 Å². The number of hydrogen-bond donors (Lipinski definition) is 5. The number of rotatable bonds is 11. The van der Waals surface area contributed by atoms with Crippen LogP contribution in [0.15, 0.2) is 89.8 Å². The molecule has 0 radical (unpaired) electrons. The summed E-state index contributed by atoms with van der Waals surface area (Å²) in [5, 5.41) is 2.47. The number of alkyl carbamates (subject to hydrolysis) is 1. The van der Waals surface area contributed by atoms with Crippen LogP contribution >= 0.6 is 0 Å². The molecule has 0 aromatic heterocycles. The quantitative estimate of drug-likeness (QED) is 0.221. The Labute approximate surface area is 232 Å². The molecule has 0 unspecified atom stereocenters. The van der Waals surface area contributed by atoms with Crippen LogP contribution in [0, 0.1) is 5.92 Å². The Hall–Kier alpha value is -4.62. The van der Waals surface area contributed by atoms with Crippen LogP contribution in [-0.2, 0) is 26.2 Å². The molecule has 3 rings (SSSR count). The van der Waals surface area contributed by atoms with Crippen molar-refractivity contribution in [1.29, 1.82) is 0 Å². The summed E-state index contributed by atoms with van der Waals surface area (Å²) in [6.07, 6.45) is -0.548. The van der Waals surface area contributed by atoms with Crippen LogP contribution in [0.2, 0.25) is 0 Å². The van der Waals surface area contributed by atoms with Gasteiger partial charge in [0.15, 0.2) is 0 Å². The molecule has 3 aromatic rings. The normalized spacial score (nSPS) is 11.7. The summed E-state index contributed by atoms with van der Waals surface area (Å²) in [6.45, 7) is 3.73. The number of urea groups is 1. The second kappa shape index (κ2) is 14.5. The highest BCUT2D eigenvalue weighted by molar-refractivity contribution is 7.89. The highest BCUT2D eigenvalue weighted by Gasteiger charge is 2.23. The molecule has 0 saturated heterocycles. The number of carbonyl (C=O) groups excluding carboxylic acids is 3. The lowest BCUT2D eigenvalue weighted by Crippen LogP contribution is -2.56. The van der Waals surface area contributed by atoms with Gasteiger partial charge in [0.05, 0.1) is 4.90 Å². The van der Waals surface area contributed by atoms with E-state index in [1.54, 1.807) is 48.5 Å². The number of nitrogens with one attached hydrogen (secondary N) is 5. The zero-order valence-corrected chi connectivity index (χ0v) is 22.7. The topological polar surface area (TPSA) is 164 Å². The molecule has 40 heavy (non-hydrogen) atoms. The zero-order chi connectivity index (χ0) is 29.0. The van der Waals surface area contributed by atoms with Gasteiger partial charge in [-0.3, -0.25) is 15.6 Å². The van der Waals surface area contributed by atoms with Gasteiger partial charge in [0, 0.05) is 0 Å². The lowest BCUT2D eigenvalue weighted by molar-refractivity contribution is -0.124. The number of amides is 4. The first-order valence-electron chi connectivity index (χ1n) is 12.3. The molecule has 13 heteroatoms. The maximum atomic E-state index is 12.6. The van der Waals surface area contributed by atoms with Gasteiger partial charge in [0.1, 0.15) is 24.1 Å². The summed E-state index contributed by atoms with van der Waals surface area (Å²) in [5.41, 5.74) is 6.91. The third-order valence-electron chi connectivity index (χ3n) is 5.24. The number of carbonyl (C=O) groups is 3. The van der Waals surface area contributed by atoms with Crippen LogP contribution < -0.4 is 31.2 Å². The van der Waals surface area contributed by atoms with Gasteiger partial charge < -0.3 is 14.8 Å². The fraction of sp³-hybridized carbons (Fsp3) is 0.222. The van der Waals surface area contributed by atoms with Crippen molar-refractivity contribution in [3.63, 3.8) is 0 Å². The average molecular weight is 570 g/mol. The van der Waals surface area contributed by atoms with Crippen molar-refractivity contribution < 1.29 is 32.3 Å². The predicted molar refractivity (Wildman–Crippen MR) is 146 cm³/mol. The van der Waals surface area contributed by atoms with Crippen molar-refractivity contribution in [1.82, 2.24) is 26.4 Å². The molecule has 1 atom stereocenters. The number of sulfonamides is 1. The molecule has 4 amide bonds. The Morgan fingerprint density at radius 3 is 2.00 bits per heavy atom. The second-order valence-electron chi connectivity index (χ2n) is 8.95. The lowest BCUT2D eigenvalue weighted by Gasteiger charge is -2.20. The van der Waals surface area contributed by atoms with Crippen LogP contribution in [0.4, 0.5) is 9.59 Å². The molecule has 0 saturated carbocycles. The monoisotopic (exact) mass is 569 g/mol. The van der Waals surface area contributed by atoms with Gasteiger partial charge in [-0.2, -0.15) is 0 Å². The van der Waals surface area contributed by atoms with Crippen LogP contribution in [0.1, 0.15) is 25.8 Å². The fourth-order valence-electron chi connectivity index (χ4n) is 3.33. The highest BCUT2D eigenvalue weighted by atomic mass is 32.2. The van der Waals surface area contributed by atoms with Crippen molar-refractivity contribution in [2.45, 2.75) is 37.8 Å². The Morgan fingerprint density at radius 2 is 1.38 bits per heavy atom. The number of ether oxygens (including phenoxy) is 2. The second-order valence-corrected chi connectivity index (χ2v) is 10.6. The molecule has 5 N–H and O–H groups in total. The number of hydrogen-bond acceptors (Lipinski definition) is 7.